The second-order valence-corrected chi connectivity index (χ2v) is 4.82. The number of hydrogen-bond donors (Lipinski definition) is 3. The number of ketones is 1. The quantitative estimate of drug-likeness (QED) is 0.706. The largest absolute Gasteiger partial charge is 0.507 e. The summed E-state index contributed by atoms with van der Waals surface area (Å²) in [6.45, 7) is 0.0689. The van der Waals surface area contributed by atoms with Crippen molar-refractivity contribution in [2.75, 3.05) is 13.2 Å². The van der Waals surface area contributed by atoms with Crippen molar-refractivity contribution >= 4 is 5.78 Å². The van der Waals surface area contributed by atoms with Crippen molar-refractivity contribution in [3.05, 3.63) is 64.7 Å². The highest BCUT2D eigenvalue weighted by atomic mass is 16.3. The summed E-state index contributed by atoms with van der Waals surface area (Å²) in [5.74, 6) is -0.330. The van der Waals surface area contributed by atoms with Gasteiger partial charge in [-0.15, -0.1) is 0 Å². The van der Waals surface area contributed by atoms with Crippen LogP contribution in [0.1, 0.15) is 27.0 Å². The number of aliphatic hydroxyl groups excluding tert-OH is 2. The summed E-state index contributed by atoms with van der Waals surface area (Å²) in [7, 11) is 0. The van der Waals surface area contributed by atoms with Crippen molar-refractivity contribution in [1.82, 2.24) is 0 Å². The predicted octanol–water partition coefficient (Wildman–Crippen LogP) is 1.69. The molecule has 0 fully saturated rings. The molecule has 0 saturated heterocycles. The molecule has 0 saturated carbocycles. The van der Waals surface area contributed by atoms with Gasteiger partial charge < -0.3 is 15.3 Å². The number of phenols is 1. The Morgan fingerprint density at radius 3 is 2.00 bits per heavy atom. The second-order valence-electron chi connectivity index (χ2n) is 4.82. The predicted molar refractivity (Wildman–Crippen MR) is 79.6 cm³/mol. The molecule has 2 aromatic rings. The van der Waals surface area contributed by atoms with Crippen LogP contribution in [0.5, 0.6) is 5.75 Å². The number of aromatic hydroxyl groups is 1. The zero-order valence-electron chi connectivity index (χ0n) is 11.6. The van der Waals surface area contributed by atoms with Gasteiger partial charge in [0.2, 0.25) is 0 Å². The van der Waals surface area contributed by atoms with E-state index in [1.54, 1.807) is 36.4 Å². The molecule has 0 aliphatic rings. The summed E-state index contributed by atoms with van der Waals surface area (Å²) < 4.78 is 0. The lowest BCUT2D eigenvalue weighted by molar-refractivity contribution is 0.103. The number of carbonyl (C=O) groups excluding carboxylic acids is 1. The van der Waals surface area contributed by atoms with Gasteiger partial charge in [0, 0.05) is 18.8 Å². The minimum Gasteiger partial charge on any atom is -0.507 e. The molecule has 2 aromatic carbocycles. The minimum atomic E-state index is -0.251. The number of hydrogen-bond acceptors (Lipinski definition) is 4. The number of phenolic OH excluding ortho intramolecular Hbond substituents is 1. The first-order chi connectivity index (χ1) is 10.2. The van der Waals surface area contributed by atoms with Gasteiger partial charge in [0.1, 0.15) is 5.75 Å². The van der Waals surface area contributed by atoms with Crippen LogP contribution in [-0.4, -0.2) is 34.3 Å². The maximum atomic E-state index is 12.3. The molecule has 21 heavy (non-hydrogen) atoms. The molecule has 4 nitrogen and oxygen atoms in total. The molecule has 0 aliphatic carbocycles. The topological polar surface area (TPSA) is 77.8 Å². The van der Waals surface area contributed by atoms with E-state index in [0.717, 1.165) is 11.1 Å². The Kier molecular flexibility index (Phi) is 5.09. The lowest BCUT2D eigenvalue weighted by Crippen LogP contribution is -2.03. The zero-order valence-corrected chi connectivity index (χ0v) is 11.6. The Labute approximate surface area is 123 Å². The van der Waals surface area contributed by atoms with Gasteiger partial charge in [0.25, 0.3) is 0 Å². The monoisotopic (exact) mass is 286 g/mol. The summed E-state index contributed by atoms with van der Waals surface area (Å²) >= 11 is 0. The van der Waals surface area contributed by atoms with Crippen LogP contribution < -0.4 is 0 Å². The van der Waals surface area contributed by atoms with Crippen LogP contribution in [-0.2, 0) is 12.8 Å². The molecule has 0 amide bonds. The van der Waals surface area contributed by atoms with Gasteiger partial charge in [0.05, 0.1) is 5.56 Å². The smallest absolute Gasteiger partial charge is 0.196 e. The minimum absolute atomic E-state index is 0.000940. The summed E-state index contributed by atoms with van der Waals surface area (Å²) in [5.41, 5.74) is 2.47. The normalized spacial score (nSPS) is 10.6. The van der Waals surface area contributed by atoms with E-state index in [9.17, 15) is 9.90 Å². The van der Waals surface area contributed by atoms with E-state index in [0.29, 0.717) is 18.4 Å². The maximum Gasteiger partial charge on any atom is 0.196 e. The van der Waals surface area contributed by atoms with Crippen molar-refractivity contribution in [2.45, 2.75) is 12.8 Å². The Morgan fingerprint density at radius 1 is 0.857 bits per heavy atom. The summed E-state index contributed by atoms with van der Waals surface area (Å²) in [6, 6.07) is 11.8. The summed E-state index contributed by atoms with van der Waals surface area (Å²) in [4.78, 5) is 12.3. The average Bonchev–Trinajstić information content (AvgIpc) is 2.48. The van der Waals surface area contributed by atoms with Gasteiger partial charge in [-0.1, -0.05) is 30.3 Å². The maximum absolute atomic E-state index is 12.3. The molecule has 2 rings (SSSR count). The molecule has 0 bridgehead atoms. The molecular formula is C17H18O4. The first kappa shape index (κ1) is 15.2. The van der Waals surface area contributed by atoms with Crippen LogP contribution in [0.3, 0.4) is 0 Å². The van der Waals surface area contributed by atoms with E-state index < -0.39 is 0 Å². The van der Waals surface area contributed by atoms with Crippen LogP contribution >= 0.6 is 0 Å². The lowest BCUT2D eigenvalue weighted by Gasteiger charge is -2.07. The molecule has 110 valence electrons. The molecule has 0 aromatic heterocycles. The summed E-state index contributed by atoms with van der Waals surface area (Å²) in [6.07, 6.45) is 0.994. The van der Waals surface area contributed by atoms with E-state index in [2.05, 4.69) is 0 Å². The highest BCUT2D eigenvalue weighted by Gasteiger charge is 2.13. The van der Waals surface area contributed by atoms with Crippen molar-refractivity contribution in [3.8, 4) is 5.75 Å². The highest BCUT2D eigenvalue weighted by molar-refractivity contribution is 6.10. The fourth-order valence-electron chi connectivity index (χ4n) is 2.16. The third-order valence-corrected chi connectivity index (χ3v) is 3.32. The van der Waals surface area contributed by atoms with Gasteiger partial charge in [-0.2, -0.15) is 0 Å². The lowest BCUT2D eigenvalue weighted by atomic mass is 9.99. The Bertz CT molecular complexity index is 617. The standard InChI is InChI=1S/C17H18O4/c18-9-7-12-1-4-14(5-2-12)17(21)15-6-3-13(8-10-19)11-16(15)20/h1-6,11,18-20H,7-10H2. The molecule has 0 radical (unpaired) electrons. The Hall–Kier alpha value is -2.17. The van der Waals surface area contributed by atoms with Crippen molar-refractivity contribution in [2.24, 2.45) is 0 Å². The highest BCUT2D eigenvalue weighted by Crippen LogP contribution is 2.22. The van der Waals surface area contributed by atoms with E-state index in [4.69, 9.17) is 10.2 Å². The number of aliphatic hydroxyl groups is 2. The van der Waals surface area contributed by atoms with Crippen molar-refractivity contribution in [3.63, 3.8) is 0 Å². The third kappa shape index (κ3) is 3.68. The Balaban J connectivity index is 2.23. The van der Waals surface area contributed by atoms with Crippen molar-refractivity contribution in [1.29, 1.82) is 0 Å². The van der Waals surface area contributed by atoms with Gasteiger partial charge in [-0.05, 0) is 36.1 Å². The Morgan fingerprint density at radius 2 is 1.43 bits per heavy atom. The van der Waals surface area contributed by atoms with Crippen molar-refractivity contribution < 1.29 is 20.1 Å². The van der Waals surface area contributed by atoms with Gasteiger partial charge in [-0.3, -0.25) is 4.79 Å². The fraction of sp³-hybridized carbons (Fsp3) is 0.235. The van der Waals surface area contributed by atoms with Crippen LogP contribution in [0.15, 0.2) is 42.5 Å². The number of benzene rings is 2. The zero-order chi connectivity index (χ0) is 15.2. The van der Waals surface area contributed by atoms with E-state index in [1.165, 1.54) is 6.07 Å². The van der Waals surface area contributed by atoms with E-state index >= 15 is 0 Å². The molecular weight excluding hydrogens is 268 g/mol. The van der Waals surface area contributed by atoms with Crippen LogP contribution in [0, 0.1) is 0 Å². The van der Waals surface area contributed by atoms with E-state index in [-0.39, 0.29) is 30.3 Å². The molecule has 0 heterocycles. The second kappa shape index (κ2) is 7.02. The van der Waals surface area contributed by atoms with Gasteiger partial charge in [-0.25, -0.2) is 0 Å². The molecule has 0 unspecified atom stereocenters. The molecule has 0 atom stereocenters. The summed E-state index contributed by atoms with van der Waals surface area (Å²) in [5, 5.41) is 27.7. The molecule has 0 aliphatic heterocycles. The first-order valence-corrected chi connectivity index (χ1v) is 6.83. The number of carbonyl (C=O) groups is 1. The SMILES string of the molecule is O=C(c1ccc(CCO)cc1)c1ccc(CCO)cc1O. The molecule has 0 spiro atoms. The fourth-order valence-corrected chi connectivity index (χ4v) is 2.16. The van der Waals surface area contributed by atoms with Crippen LogP contribution in [0.2, 0.25) is 0 Å². The molecule has 3 N–H and O–H groups in total. The molecule has 4 heteroatoms. The van der Waals surface area contributed by atoms with Crippen LogP contribution in [0.4, 0.5) is 0 Å². The average molecular weight is 286 g/mol. The van der Waals surface area contributed by atoms with E-state index in [1.807, 2.05) is 0 Å². The first-order valence-electron chi connectivity index (χ1n) is 6.83. The van der Waals surface area contributed by atoms with Gasteiger partial charge in [0.15, 0.2) is 5.78 Å². The van der Waals surface area contributed by atoms with Crippen LogP contribution in [0.25, 0.3) is 0 Å². The third-order valence-electron chi connectivity index (χ3n) is 3.32. The van der Waals surface area contributed by atoms with Gasteiger partial charge >= 0.3 is 0 Å². The number of rotatable bonds is 6.